The van der Waals surface area contributed by atoms with Gasteiger partial charge in [0.15, 0.2) is 4.96 Å². The van der Waals surface area contributed by atoms with E-state index in [9.17, 15) is 4.79 Å². The number of hydrogen-bond donors (Lipinski definition) is 0. The zero-order valence-corrected chi connectivity index (χ0v) is 9.50. The molecule has 0 saturated heterocycles. The van der Waals surface area contributed by atoms with Gasteiger partial charge in [0.05, 0.1) is 11.4 Å². The van der Waals surface area contributed by atoms with Gasteiger partial charge in [0, 0.05) is 18.0 Å². The summed E-state index contributed by atoms with van der Waals surface area (Å²) >= 11 is 1.57. The molecule has 0 saturated carbocycles. The number of thiazole rings is 1. The highest BCUT2D eigenvalue weighted by Crippen LogP contribution is 2.17. The summed E-state index contributed by atoms with van der Waals surface area (Å²) in [5.41, 5.74) is 1.87. The molecular formula is C10H12N2O2S. The molecule has 0 N–H and O–H groups in total. The van der Waals surface area contributed by atoms with Crippen molar-refractivity contribution >= 4 is 22.3 Å². The zero-order valence-electron chi connectivity index (χ0n) is 8.69. The molecule has 2 rings (SSSR count). The second-order valence-electron chi connectivity index (χ2n) is 3.21. The van der Waals surface area contributed by atoms with Crippen LogP contribution in [0, 0.1) is 6.92 Å². The van der Waals surface area contributed by atoms with Crippen LogP contribution < -0.4 is 0 Å². The van der Waals surface area contributed by atoms with E-state index in [4.69, 9.17) is 4.74 Å². The molecule has 0 fully saturated rings. The summed E-state index contributed by atoms with van der Waals surface area (Å²) in [4.78, 5) is 16.4. The standard InChI is InChI=1S/C10H12N2O2S/c1-3-9(13)14-6-8-7(2)11-10-12(8)4-5-15-10/h4-5H,3,6H2,1-2H3. The summed E-state index contributed by atoms with van der Waals surface area (Å²) in [5.74, 6) is -0.181. The predicted molar refractivity (Wildman–Crippen MR) is 57.9 cm³/mol. The van der Waals surface area contributed by atoms with Gasteiger partial charge in [-0.3, -0.25) is 9.20 Å². The minimum absolute atomic E-state index is 0.181. The first kappa shape index (κ1) is 10.2. The van der Waals surface area contributed by atoms with Crippen LogP contribution in [0.3, 0.4) is 0 Å². The summed E-state index contributed by atoms with van der Waals surface area (Å²) in [6, 6.07) is 0. The molecule has 80 valence electrons. The predicted octanol–water partition coefficient (Wildman–Crippen LogP) is 2.16. The van der Waals surface area contributed by atoms with E-state index in [2.05, 4.69) is 4.98 Å². The molecule has 0 aliphatic carbocycles. The fourth-order valence-electron chi connectivity index (χ4n) is 1.37. The second-order valence-corrected chi connectivity index (χ2v) is 4.09. The maximum absolute atomic E-state index is 11.0. The first-order valence-electron chi connectivity index (χ1n) is 4.79. The molecule has 2 aromatic rings. The van der Waals surface area contributed by atoms with Crippen molar-refractivity contribution in [2.75, 3.05) is 0 Å². The molecule has 0 spiro atoms. The molecule has 0 aromatic carbocycles. The van der Waals surface area contributed by atoms with Crippen LogP contribution >= 0.6 is 11.3 Å². The Labute approximate surface area is 91.5 Å². The van der Waals surface area contributed by atoms with Gasteiger partial charge in [-0.05, 0) is 6.92 Å². The van der Waals surface area contributed by atoms with Gasteiger partial charge in [0.2, 0.25) is 0 Å². The maximum Gasteiger partial charge on any atom is 0.305 e. The Morgan fingerprint density at radius 2 is 2.47 bits per heavy atom. The smallest absolute Gasteiger partial charge is 0.305 e. The Kier molecular flexibility index (Phi) is 2.73. The molecule has 0 aliphatic heterocycles. The Hall–Kier alpha value is -1.36. The van der Waals surface area contributed by atoms with Crippen molar-refractivity contribution in [3.63, 3.8) is 0 Å². The maximum atomic E-state index is 11.0. The lowest BCUT2D eigenvalue weighted by Gasteiger charge is -2.02. The Balaban J connectivity index is 2.22. The number of aryl methyl sites for hydroxylation is 1. The third kappa shape index (κ3) is 1.87. The number of ether oxygens (including phenoxy) is 1. The summed E-state index contributed by atoms with van der Waals surface area (Å²) in [7, 11) is 0. The summed E-state index contributed by atoms with van der Waals surface area (Å²) in [6.45, 7) is 4.01. The fraction of sp³-hybridized carbons (Fsp3) is 0.400. The highest BCUT2D eigenvalue weighted by molar-refractivity contribution is 7.15. The van der Waals surface area contributed by atoms with Crippen molar-refractivity contribution in [2.45, 2.75) is 26.9 Å². The number of esters is 1. The number of carbonyl (C=O) groups excluding carboxylic acids is 1. The summed E-state index contributed by atoms with van der Waals surface area (Å²) in [5, 5.41) is 1.97. The first-order valence-corrected chi connectivity index (χ1v) is 5.67. The Morgan fingerprint density at radius 3 is 3.20 bits per heavy atom. The van der Waals surface area contributed by atoms with Gasteiger partial charge in [-0.1, -0.05) is 6.92 Å². The molecule has 0 aliphatic rings. The van der Waals surface area contributed by atoms with Crippen LogP contribution in [-0.2, 0) is 16.1 Å². The van der Waals surface area contributed by atoms with Gasteiger partial charge in [-0.25, -0.2) is 4.98 Å². The number of carbonyl (C=O) groups is 1. The Morgan fingerprint density at radius 1 is 1.67 bits per heavy atom. The first-order chi connectivity index (χ1) is 7.22. The van der Waals surface area contributed by atoms with Gasteiger partial charge in [-0.15, -0.1) is 11.3 Å². The van der Waals surface area contributed by atoms with Crippen molar-refractivity contribution < 1.29 is 9.53 Å². The third-order valence-electron chi connectivity index (χ3n) is 2.22. The lowest BCUT2D eigenvalue weighted by Crippen LogP contribution is -2.04. The third-order valence-corrected chi connectivity index (χ3v) is 2.98. The van der Waals surface area contributed by atoms with E-state index in [0.29, 0.717) is 13.0 Å². The van der Waals surface area contributed by atoms with Crippen LogP contribution in [0.15, 0.2) is 11.6 Å². The molecule has 0 bridgehead atoms. The monoisotopic (exact) mass is 224 g/mol. The number of imidazole rings is 1. The van der Waals surface area contributed by atoms with Crippen LogP contribution in [0.5, 0.6) is 0 Å². The molecule has 0 amide bonds. The van der Waals surface area contributed by atoms with Crippen LogP contribution in [0.2, 0.25) is 0 Å². The van der Waals surface area contributed by atoms with E-state index in [0.717, 1.165) is 16.3 Å². The summed E-state index contributed by atoms with van der Waals surface area (Å²) in [6.07, 6.45) is 2.35. The highest BCUT2D eigenvalue weighted by Gasteiger charge is 2.10. The summed E-state index contributed by atoms with van der Waals surface area (Å²) < 4.78 is 7.06. The van der Waals surface area contributed by atoms with Crippen LogP contribution in [0.25, 0.3) is 4.96 Å². The molecule has 5 heteroatoms. The van der Waals surface area contributed by atoms with E-state index < -0.39 is 0 Å². The number of rotatable bonds is 3. The SMILES string of the molecule is CCC(=O)OCc1c(C)nc2sccn12. The molecule has 15 heavy (non-hydrogen) atoms. The average Bonchev–Trinajstić information content (AvgIpc) is 2.75. The molecule has 0 radical (unpaired) electrons. The lowest BCUT2D eigenvalue weighted by atomic mass is 10.3. The van der Waals surface area contributed by atoms with Crippen LogP contribution in [-0.4, -0.2) is 15.4 Å². The lowest BCUT2D eigenvalue weighted by molar-refractivity contribution is -0.144. The van der Waals surface area contributed by atoms with E-state index in [-0.39, 0.29) is 5.97 Å². The molecule has 0 atom stereocenters. The van der Waals surface area contributed by atoms with Gasteiger partial charge in [0.1, 0.15) is 6.61 Å². The van der Waals surface area contributed by atoms with Gasteiger partial charge in [0.25, 0.3) is 0 Å². The van der Waals surface area contributed by atoms with E-state index in [1.807, 2.05) is 22.9 Å². The molecule has 4 nitrogen and oxygen atoms in total. The van der Waals surface area contributed by atoms with Crippen molar-refractivity contribution in [1.29, 1.82) is 0 Å². The minimum atomic E-state index is -0.181. The quantitative estimate of drug-likeness (QED) is 0.750. The van der Waals surface area contributed by atoms with Crippen molar-refractivity contribution in [3.8, 4) is 0 Å². The minimum Gasteiger partial charge on any atom is -0.459 e. The molecule has 2 heterocycles. The van der Waals surface area contributed by atoms with Gasteiger partial charge >= 0.3 is 5.97 Å². The van der Waals surface area contributed by atoms with E-state index in [1.54, 1.807) is 18.3 Å². The van der Waals surface area contributed by atoms with E-state index >= 15 is 0 Å². The molecule has 2 aromatic heterocycles. The largest absolute Gasteiger partial charge is 0.459 e. The number of fused-ring (bicyclic) bond motifs is 1. The van der Waals surface area contributed by atoms with Gasteiger partial charge in [-0.2, -0.15) is 0 Å². The van der Waals surface area contributed by atoms with Crippen molar-refractivity contribution in [2.24, 2.45) is 0 Å². The number of nitrogens with zero attached hydrogens (tertiary/aromatic N) is 2. The normalized spacial score (nSPS) is 10.8. The van der Waals surface area contributed by atoms with Crippen molar-refractivity contribution in [3.05, 3.63) is 23.0 Å². The topological polar surface area (TPSA) is 43.6 Å². The zero-order chi connectivity index (χ0) is 10.8. The molecule has 0 unspecified atom stereocenters. The molecular weight excluding hydrogens is 212 g/mol. The van der Waals surface area contributed by atoms with Crippen LogP contribution in [0.1, 0.15) is 24.7 Å². The Bertz CT molecular complexity index is 487. The van der Waals surface area contributed by atoms with E-state index in [1.165, 1.54) is 0 Å². The number of hydrogen-bond acceptors (Lipinski definition) is 4. The van der Waals surface area contributed by atoms with Crippen molar-refractivity contribution in [1.82, 2.24) is 9.38 Å². The van der Waals surface area contributed by atoms with Gasteiger partial charge < -0.3 is 4.74 Å². The van der Waals surface area contributed by atoms with Crippen LogP contribution in [0.4, 0.5) is 0 Å². The average molecular weight is 224 g/mol. The fourth-order valence-corrected chi connectivity index (χ4v) is 2.14. The highest BCUT2D eigenvalue weighted by atomic mass is 32.1. The second kappa shape index (κ2) is 4.02. The number of aromatic nitrogens is 2.